The number of carbonyl (C=O) groups is 1. The fourth-order valence-electron chi connectivity index (χ4n) is 4.16. The molecule has 0 aromatic heterocycles. The van der Waals surface area contributed by atoms with Crippen molar-refractivity contribution in [3.63, 3.8) is 0 Å². The molecule has 1 aromatic rings. The summed E-state index contributed by atoms with van der Waals surface area (Å²) in [6.45, 7) is 10.4. The SMILES string of the molecule is Cc1cc(C)c(C(=O)N2C(C)CC3CNCC32)c(C)c1. The Morgan fingerprint density at radius 1 is 1.20 bits per heavy atom. The summed E-state index contributed by atoms with van der Waals surface area (Å²) < 4.78 is 0. The lowest BCUT2D eigenvalue weighted by molar-refractivity contribution is 0.0680. The van der Waals surface area contributed by atoms with Crippen molar-refractivity contribution in [3.8, 4) is 0 Å². The Kier molecular flexibility index (Phi) is 3.33. The van der Waals surface area contributed by atoms with Crippen molar-refractivity contribution in [2.75, 3.05) is 13.1 Å². The molecule has 3 atom stereocenters. The number of hydrogen-bond donors (Lipinski definition) is 1. The van der Waals surface area contributed by atoms with Crippen molar-refractivity contribution in [3.05, 3.63) is 34.4 Å². The lowest BCUT2D eigenvalue weighted by Crippen LogP contribution is -2.43. The first kappa shape index (κ1) is 13.6. The van der Waals surface area contributed by atoms with Crippen LogP contribution in [-0.4, -0.2) is 36.0 Å². The van der Waals surface area contributed by atoms with Crippen molar-refractivity contribution < 1.29 is 4.79 Å². The van der Waals surface area contributed by atoms with Crippen LogP contribution in [0.25, 0.3) is 0 Å². The predicted molar refractivity (Wildman–Crippen MR) is 81.0 cm³/mol. The van der Waals surface area contributed by atoms with Crippen LogP contribution in [-0.2, 0) is 0 Å². The van der Waals surface area contributed by atoms with Gasteiger partial charge in [0.25, 0.3) is 5.91 Å². The number of carbonyl (C=O) groups excluding carboxylic acids is 1. The first-order valence-corrected chi connectivity index (χ1v) is 7.60. The molecule has 0 spiro atoms. The van der Waals surface area contributed by atoms with E-state index in [0.717, 1.165) is 36.2 Å². The van der Waals surface area contributed by atoms with Gasteiger partial charge >= 0.3 is 0 Å². The van der Waals surface area contributed by atoms with Gasteiger partial charge < -0.3 is 10.2 Å². The van der Waals surface area contributed by atoms with Crippen molar-refractivity contribution >= 4 is 5.91 Å². The molecule has 2 aliphatic rings. The fraction of sp³-hybridized carbons (Fsp3) is 0.588. The standard InChI is InChI=1S/C17H24N2O/c1-10-5-11(2)16(12(3)6-10)17(20)19-13(4)7-14-8-18-9-15(14)19/h5-6,13-15,18H,7-9H2,1-4H3. The number of aryl methyl sites for hydroxylation is 3. The second-order valence-electron chi connectivity index (χ2n) is 6.56. The van der Waals surface area contributed by atoms with Gasteiger partial charge in [-0.15, -0.1) is 0 Å². The van der Waals surface area contributed by atoms with Crippen LogP contribution < -0.4 is 5.32 Å². The zero-order valence-corrected chi connectivity index (χ0v) is 12.9. The van der Waals surface area contributed by atoms with E-state index in [1.807, 2.05) is 0 Å². The number of amides is 1. The fourth-order valence-corrected chi connectivity index (χ4v) is 4.16. The van der Waals surface area contributed by atoms with Crippen LogP contribution in [0.3, 0.4) is 0 Å². The predicted octanol–water partition coefficient (Wildman–Crippen LogP) is 2.43. The zero-order valence-electron chi connectivity index (χ0n) is 12.9. The average molecular weight is 272 g/mol. The summed E-state index contributed by atoms with van der Waals surface area (Å²) in [5.41, 5.74) is 4.35. The maximum absolute atomic E-state index is 13.1. The van der Waals surface area contributed by atoms with Gasteiger partial charge in [-0.25, -0.2) is 0 Å². The monoisotopic (exact) mass is 272 g/mol. The quantitative estimate of drug-likeness (QED) is 0.851. The molecule has 0 aliphatic carbocycles. The van der Waals surface area contributed by atoms with Crippen molar-refractivity contribution in [2.24, 2.45) is 5.92 Å². The molecule has 2 aliphatic heterocycles. The molecule has 0 radical (unpaired) electrons. The molecule has 20 heavy (non-hydrogen) atoms. The van der Waals surface area contributed by atoms with Crippen LogP contribution in [0.1, 0.15) is 40.4 Å². The Balaban J connectivity index is 1.97. The minimum Gasteiger partial charge on any atom is -0.331 e. The summed E-state index contributed by atoms with van der Waals surface area (Å²) in [7, 11) is 0. The van der Waals surface area contributed by atoms with E-state index in [0.29, 0.717) is 18.0 Å². The Morgan fingerprint density at radius 2 is 1.85 bits per heavy atom. The van der Waals surface area contributed by atoms with Gasteiger partial charge in [0.05, 0.1) is 0 Å². The minimum absolute atomic E-state index is 0.226. The average Bonchev–Trinajstić information content (AvgIpc) is 2.86. The second kappa shape index (κ2) is 4.88. The van der Waals surface area contributed by atoms with Gasteiger partial charge in [0.2, 0.25) is 0 Å². The molecule has 0 saturated carbocycles. The molecule has 108 valence electrons. The maximum atomic E-state index is 13.1. The summed E-state index contributed by atoms with van der Waals surface area (Å²) in [6.07, 6.45) is 1.13. The molecule has 2 fully saturated rings. The van der Waals surface area contributed by atoms with Gasteiger partial charge in [0.1, 0.15) is 0 Å². The number of nitrogens with zero attached hydrogens (tertiary/aromatic N) is 1. The van der Waals surface area contributed by atoms with Gasteiger partial charge in [0, 0.05) is 30.7 Å². The molecule has 3 unspecified atom stereocenters. The third-order valence-corrected chi connectivity index (χ3v) is 4.91. The smallest absolute Gasteiger partial charge is 0.254 e. The van der Waals surface area contributed by atoms with E-state index < -0.39 is 0 Å². The molecule has 3 nitrogen and oxygen atoms in total. The Morgan fingerprint density at radius 3 is 2.50 bits per heavy atom. The zero-order chi connectivity index (χ0) is 14.4. The Labute approximate surface area is 121 Å². The summed E-state index contributed by atoms with van der Waals surface area (Å²) >= 11 is 0. The maximum Gasteiger partial charge on any atom is 0.254 e. The number of likely N-dealkylation sites (tertiary alicyclic amines) is 1. The van der Waals surface area contributed by atoms with Crippen molar-refractivity contribution in [1.82, 2.24) is 10.2 Å². The molecule has 0 bridgehead atoms. The third-order valence-electron chi connectivity index (χ3n) is 4.91. The van der Waals surface area contributed by atoms with E-state index in [9.17, 15) is 4.79 Å². The van der Waals surface area contributed by atoms with E-state index in [1.54, 1.807) is 0 Å². The van der Waals surface area contributed by atoms with Crippen LogP contribution in [0.2, 0.25) is 0 Å². The van der Waals surface area contributed by atoms with Gasteiger partial charge in [-0.05, 0) is 51.2 Å². The van der Waals surface area contributed by atoms with Crippen LogP contribution in [0.5, 0.6) is 0 Å². The summed E-state index contributed by atoms with van der Waals surface area (Å²) in [4.78, 5) is 15.2. The van der Waals surface area contributed by atoms with Crippen LogP contribution in [0.4, 0.5) is 0 Å². The molecule has 1 amide bonds. The molecular weight excluding hydrogens is 248 g/mol. The lowest BCUT2D eigenvalue weighted by Gasteiger charge is -2.29. The van der Waals surface area contributed by atoms with Crippen LogP contribution in [0.15, 0.2) is 12.1 Å². The number of rotatable bonds is 1. The number of benzene rings is 1. The Hall–Kier alpha value is -1.35. The first-order chi connectivity index (χ1) is 9.49. The van der Waals surface area contributed by atoms with Crippen molar-refractivity contribution in [1.29, 1.82) is 0 Å². The van der Waals surface area contributed by atoms with E-state index in [2.05, 4.69) is 50.0 Å². The summed E-state index contributed by atoms with van der Waals surface area (Å²) in [5.74, 6) is 0.865. The molecule has 1 aromatic carbocycles. The first-order valence-electron chi connectivity index (χ1n) is 7.60. The van der Waals surface area contributed by atoms with E-state index in [4.69, 9.17) is 0 Å². The van der Waals surface area contributed by atoms with Crippen LogP contribution in [0, 0.1) is 26.7 Å². The van der Waals surface area contributed by atoms with Crippen molar-refractivity contribution in [2.45, 2.75) is 46.2 Å². The van der Waals surface area contributed by atoms with Gasteiger partial charge in [0.15, 0.2) is 0 Å². The highest BCUT2D eigenvalue weighted by Gasteiger charge is 2.44. The minimum atomic E-state index is 0.226. The molecule has 2 heterocycles. The molecular formula is C17H24N2O. The van der Waals surface area contributed by atoms with Crippen LogP contribution >= 0.6 is 0 Å². The topological polar surface area (TPSA) is 32.3 Å². The van der Waals surface area contributed by atoms with E-state index in [-0.39, 0.29) is 5.91 Å². The largest absolute Gasteiger partial charge is 0.331 e. The van der Waals surface area contributed by atoms with E-state index >= 15 is 0 Å². The molecule has 3 rings (SSSR count). The third kappa shape index (κ3) is 2.05. The normalized spacial score (nSPS) is 28.8. The summed E-state index contributed by atoms with van der Waals surface area (Å²) in [6, 6.07) is 4.98. The molecule has 3 heteroatoms. The number of hydrogen-bond acceptors (Lipinski definition) is 2. The van der Waals surface area contributed by atoms with Gasteiger partial charge in [-0.3, -0.25) is 4.79 Å². The highest BCUT2D eigenvalue weighted by atomic mass is 16.2. The van der Waals surface area contributed by atoms with E-state index in [1.165, 1.54) is 5.56 Å². The lowest BCUT2D eigenvalue weighted by atomic mass is 9.98. The molecule has 1 N–H and O–H groups in total. The number of fused-ring (bicyclic) bond motifs is 1. The second-order valence-corrected chi connectivity index (χ2v) is 6.56. The van der Waals surface area contributed by atoms with Gasteiger partial charge in [-0.1, -0.05) is 17.7 Å². The highest BCUT2D eigenvalue weighted by molar-refractivity contribution is 5.97. The Bertz CT molecular complexity index is 529. The highest BCUT2D eigenvalue weighted by Crippen LogP contribution is 2.34. The molecule has 2 saturated heterocycles. The summed E-state index contributed by atoms with van der Waals surface area (Å²) in [5, 5.41) is 3.43. The van der Waals surface area contributed by atoms with Gasteiger partial charge in [-0.2, -0.15) is 0 Å². The number of nitrogens with one attached hydrogen (secondary N) is 1.